The molecule has 1 aliphatic rings. The molecule has 0 spiro atoms. The first-order valence-electron chi connectivity index (χ1n) is 4.85. The second-order valence-corrected chi connectivity index (χ2v) is 3.70. The van der Waals surface area contributed by atoms with E-state index in [9.17, 15) is 4.79 Å². The summed E-state index contributed by atoms with van der Waals surface area (Å²) in [5.74, 6) is 0.0929. The molecule has 0 fully saturated rings. The highest BCUT2D eigenvalue weighted by Crippen LogP contribution is 2.09. The Bertz CT molecular complexity index is 237. The normalized spacial score (nSPS) is 16.7. The van der Waals surface area contributed by atoms with Crippen LogP contribution >= 0.6 is 0 Å². The molecule has 1 amide bonds. The molecule has 14 heavy (non-hydrogen) atoms. The van der Waals surface area contributed by atoms with Crippen LogP contribution in [0.5, 0.6) is 0 Å². The minimum absolute atomic E-state index is 0.0929. The number of likely N-dealkylation sites (N-methyl/N-ethyl adjacent to an activating group) is 1. The van der Waals surface area contributed by atoms with E-state index in [2.05, 4.69) is 5.10 Å². The Hall–Kier alpha value is -0.940. The second-order valence-electron chi connectivity index (χ2n) is 3.70. The molecule has 0 atom stereocenters. The van der Waals surface area contributed by atoms with E-state index in [1.165, 1.54) is 0 Å². The number of hydrogen-bond donors (Lipinski definition) is 1. The fraction of sp³-hybridized carbons (Fsp3) is 0.778. The first kappa shape index (κ1) is 11.1. The van der Waals surface area contributed by atoms with Gasteiger partial charge >= 0.3 is 0 Å². The van der Waals surface area contributed by atoms with Gasteiger partial charge < -0.3 is 10.6 Å². The second kappa shape index (κ2) is 5.07. The van der Waals surface area contributed by atoms with Crippen molar-refractivity contribution in [1.82, 2.24) is 9.91 Å². The lowest BCUT2D eigenvalue weighted by Crippen LogP contribution is -2.29. The summed E-state index contributed by atoms with van der Waals surface area (Å²) in [6.07, 6.45) is 1.18. The first-order valence-corrected chi connectivity index (χ1v) is 4.85. The molecule has 0 aliphatic carbocycles. The van der Waals surface area contributed by atoms with E-state index in [1.54, 1.807) is 5.01 Å². The Balaban J connectivity index is 2.41. The Morgan fingerprint density at radius 2 is 2.29 bits per heavy atom. The van der Waals surface area contributed by atoms with E-state index in [1.807, 2.05) is 19.0 Å². The Labute approximate surface area is 84.5 Å². The molecule has 80 valence electrons. The number of carbonyl (C=O) groups is 1. The highest BCUT2D eigenvalue weighted by molar-refractivity contribution is 6.04. The summed E-state index contributed by atoms with van der Waals surface area (Å²) < 4.78 is 0. The molecule has 0 unspecified atom stereocenters. The molecule has 0 radical (unpaired) electrons. The topological polar surface area (TPSA) is 61.9 Å². The number of hydrogen-bond acceptors (Lipinski definition) is 4. The number of carbonyl (C=O) groups excluding carboxylic acids is 1. The van der Waals surface area contributed by atoms with Crippen LogP contribution in [0, 0.1) is 0 Å². The standard InChI is InChI=1S/C9H18N4O/c1-12(2)5-6-13-9(14)7-8(11-13)3-4-10/h3-7,10H2,1-2H3. The zero-order valence-electron chi connectivity index (χ0n) is 8.86. The van der Waals surface area contributed by atoms with E-state index in [0.29, 0.717) is 19.5 Å². The number of rotatable bonds is 5. The fourth-order valence-corrected chi connectivity index (χ4v) is 1.30. The van der Waals surface area contributed by atoms with Crippen molar-refractivity contribution >= 4 is 11.6 Å². The number of nitrogens with two attached hydrogens (primary N) is 1. The van der Waals surface area contributed by atoms with Gasteiger partial charge in [0.25, 0.3) is 0 Å². The molecule has 0 aromatic rings. The van der Waals surface area contributed by atoms with Crippen molar-refractivity contribution in [2.75, 3.05) is 33.7 Å². The summed E-state index contributed by atoms with van der Waals surface area (Å²) in [7, 11) is 3.95. The van der Waals surface area contributed by atoms with E-state index in [0.717, 1.165) is 18.7 Å². The van der Waals surface area contributed by atoms with Gasteiger partial charge in [-0.25, -0.2) is 5.01 Å². The molecule has 0 aromatic carbocycles. The monoisotopic (exact) mass is 198 g/mol. The third-order valence-corrected chi connectivity index (χ3v) is 2.10. The Kier molecular flexibility index (Phi) is 4.03. The van der Waals surface area contributed by atoms with Crippen LogP contribution < -0.4 is 5.73 Å². The third-order valence-electron chi connectivity index (χ3n) is 2.10. The zero-order valence-corrected chi connectivity index (χ0v) is 8.86. The Morgan fingerprint density at radius 3 is 2.86 bits per heavy atom. The molecule has 1 aliphatic heterocycles. The average Bonchev–Trinajstić information content (AvgIpc) is 2.44. The molecule has 1 rings (SSSR count). The quantitative estimate of drug-likeness (QED) is 0.647. The van der Waals surface area contributed by atoms with Crippen molar-refractivity contribution in [3.05, 3.63) is 0 Å². The predicted molar refractivity (Wildman–Crippen MR) is 56.0 cm³/mol. The van der Waals surface area contributed by atoms with Gasteiger partial charge in [-0.1, -0.05) is 0 Å². The molecular formula is C9H18N4O. The number of nitrogens with zero attached hydrogens (tertiary/aromatic N) is 3. The maximum atomic E-state index is 11.4. The van der Waals surface area contributed by atoms with E-state index in [-0.39, 0.29) is 5.91 Å². The van der Waals surface area contributed by atoms with Crippen molar-refractivity contribution in [2.45, 2.75) is 12.8 Å². The highest BCUT2D eigenvalue weighted by Gasteiger charge is 2.22. The molecule has 5 nitrogen and oxygen atoms in total. The third kappa shape index (κ3) is 3.08. The van der Waals surface area contributed by atoms with Gasteiger partial charge in [0.05, 0.1) is 13.0 Å². The number of amides is 1. The molecule has 2 N–H and O–H groups in total. The van der Waals surface area contributed by atoms with Gasteiger partial charge in [0.1, 0.15) is 0 Å². The maximum absolute atomic E-state index is 11.4. The van der Waals surface area contributed by atoms with E-state index in [4.69, 9.17) is 5.73 Å². The molecular weight excluding hydrogens is 180 g/mol. The van der Waals surface area contributed by atoms with Crippen LogP contribution in [-0.4, -0.2) is 55.3 Å². The van der Waals surface area contributed by atoms with Crippen molar-refractivity contribution in [3.8, 4) is 0 Å². The lowest BCUT2D eigenvalue weighted by Gasteiger charge is -2.15. The predicted octanol–water partition coefficient (Wildman–Crippen LogP) is -0.515. The summed E-state index contributed by atoms with van der Waals surface area (Å²) in [6.45, 7) is 2.07. The van der Waals surface area contributed by atoms with Gasteiger partial charge in [0.15, 0.2) is 0 Å². The van der Waals surface area contributed by atoms with Crippen LogP contribution in [0.15, 0.2) is 5.10 Å². The summed E-state index contributed by atoms with van der Waals surface area (Å²) >= 11 is 0. The first-order chi connectivity index (χ1) is 6.63. The van der Waals surface area contributed by atoms with Crippen molar-refractivity contribution < 1.29 is 4.79 Å². The van der Waals surface area contributed by atoms with Gasteiger partial charge in [0, 0.05) is 18.7 Å². The van der Waals surface area contributed by atoms with Crippen molar-refractivity contribution in [2.24, 2.45) is 10.8 Å². The smallest absolute Gasteiger partial charge is 0.248 e. The molecule has 0 saturated carbocycles. The summed E-state index contributed by atoms with van der Waals surface area (Å²) in [5, 5.41) is 5.77. The molecule has 1 heterocycles. The lowest BCUT2D eigenvalue weighted by molar-refractivity contribution is -0.128. The van der Waals surface area contributed by atoms with Crippen LogP contribution in [0.3, 0.4) is 0 Å². The Morgan fingerprint density at radius 1 is 1.57 bits per heavy atom. The van der Waals surface area contributed by atoms with E-state index < -0.39 is 0 Å². The van der Waals surface area contributed by atoms with Crippen LogP contribution in [0.4, 0.5) is 0 Å². The largest absolute Gasteiger partial charge is 0.330 e. The molecule has 5 heteroatoms. The zero-order chi connectivity index (χ0) is 10.6. The maximum Gasteiger partial charge on any atom is 0.248 e. The van der Waals surface area contributed by atoms with Crippen LogP contribution in [0.1, 0.15) is 12.8 Å². The summed E-state index contributed by atoms with van der Waals surface area (Å²) in [6, 6.07) is 0. The average molecular weight is 198 g/mol. The SMILES string of the molecule is CN(C)CCN1N=C(CCN)CC1=O. The molecule has 0 bridgehead atoms. The lowest BCUT2D eigenvalue weighted by atomic mass is 10.2. The minimum atomic E-state index is 0.0929. The van der Waals surface area contributed by atoms with Crippen LogP contribution in [0.25, 0.3) is 0 Å². The fourth-order valence-electron chi connectivity index (χ4n) is 1.30. The van der Waals surface area contributed by atoms with Crippen molar-refractivity contribution in [1.29, 1.82) is 0 Å². The van der Waals surface area contributed by atoms with Gasteiger partial charge in [-0.05, 0) is 20.6 Å². The van der Waals surface area contributed by atoms with Gasteiger partial charge in [-0.2, -0.15) is 5.10 Å². The van der Waals surface area contributed by atoms with Crippen LogP contribution in [0.2, 0.25) is 0 Å². The molecule has 0 saturated heterocycles. The van der Waals surface area contributed by atoms with Gasteiger partial charge in [-0.3, -0.25) is 4.79 Å². The summed E-state index contributed by atoms with van der Waals surface area (Å²) in [4.78, 5) is 13.5. The highest BCUT2D eigenvalue weighted by atomic mass is 16.2. The van der Waals surface area contributed by atoms with Gasteiger partial charge in [0.2, 0.25) is 5.91 Å². The molecule has 0 aromatic heterocycles. The van der Waals surface area contributed by atoms with Crippen molar-refractivity contribution in [3.63, 3.8) is 0 Å². The van der Waals surface area contributed by atoms with E-state index >= 15 is 0 Å². The summed E-state index contributed by atoms with van der Waals surface area (Å²) in [5.41, 5.74) is 6.32. The van der Waals surface area contributed by atoms with Crippen LogP contribution in [-0.2, 0) is 4.79 Å². The van der Waals surface area contributed by atoms with Gasteiger partial charge in [-0.15, -0.1) is 0 Å². The minimum Gasteiger partial charge on any atom is -0.330 e. The number of hydrazone groups is 1.